The van der Waals surface area contributed by atoms with Gasteiger partial charge in [0.15, 0.2) is 0 Å². The van der Waals surface area contributed by atoms with Crippen molar-refractivity contribution < 1.29 is 9.59 Å². The van der Waals surface area contributed by atoms with Gasteiger partial charge in [-0.15, -0.1) is 0 Å². The van der Waals surface area contributed by atoms with Gasteiger partial charge in [0.25, 0.3) is 0 Å². The van der Waals surface area contributed by atoms with E-state index in [0.29, 0.717) is 17.1 Å². The van der Waals surface area contributed by atoms with Gasteiger partial charge >= 0.3 is 0 Å². The van der Waals surface area contributed by atoms with Gasteiger partial charge in [-0.25, -0.2) is 0 Å². The van der Waals surface area contributed by atoms with Gasteiger partial charge in [0.2, 0.25) is 5.91 Å². The molecular formula is C17H21NO2. The minimum absolute atomic E-state index is 0.413. The average Bonchev–Trinajstić information content (AvgIpc) is 2.46. The molecule has 3 heteroatoms. The molecule has 106 valence electrons. The van der Waals surface area contributed by atoms with Crippen LogP contribution in [0.2, 0.25) is 0 Å². The van der Waals surface area contributed by atoms with Crippen molar-refractivity contribution in [3.63, 3.8) is 0 Å². The first kappa shape index (κ1) is 15.9. The number of hydrogen-bond acceptors (Lipinski definition) is 2. The van der Waals surface area contributed by atoms with Crippen LogP contribution in [0.3, 0.4) is 0 Å². The number of aldehydes is 1. The number of amides is 1. The molecule has 0 aliphatic rings. The molecule has 0 radical (unpaired) electrons. The van der Waals surface area contributed by atoms with E-state index in [9.17, 15) is 9.59 Å². The number of allylic oxidation sites excluding steroid dienone is 4. The zero-order valence-electron chi connectivity index (χ0n) is 12.2. The van der Waals surface area contributed by atoms with Crippen molar-refractivity contribution in [2.75, 3.05) is 0 Å². The Bertz CT molecular complexity index is 539. The van der Waals surface area contributed by atoms with Crippen LogP contribution in [0.4, 0.5) is 0 Å². The SMILES string of the molecule is CCC(C)/C=C(\C=C(/C)C=O)c1ccc(C(N)=O)cc1. The molecule has 3 nitrogen and oxygen atoms in total. The van der Waals surface area contributed by atoms with Crippen molar-refractivity contribution in [3.05, 3.63) is 53.1 Å². The Labute approximate surface area is 120 Å². The number of rotatable bonds is 6. The molecular weight excluding hydrogens is 250 g/mol. The Morgan fingerprint density at radius 2 is 1.80 bits per heavy atom. The van der Waals surface area contributed by atoms with Gasteiger partial charge in [-0.3, -0.25) is 9.59 Å². The third kappa shape index (κ3) is 4.50. The Hall–Kier alpha value is -2.16. The molecule has 0 bridgehead atoms. The molecule has 0 aromatic heterocycles. The fourth-order valence-corrected chi connectivity index (χ4v) is 1.76. The van der Waals surface area contributed by atoms with Crippen LogP contribution in [0.1, 0.15) is 43.1 Å². The van der Waals surface area contributed by atoms with E-state index < -0.39 is 5.91 Å². The molecule has 0 saturated heterocycles. The molecule has 1 amide bonds. The standard InChI is InChI=1S/C17H21NO2/c1-4-12(2)9-16(10-13(3)11-19)14-5-7-15(8-6-14)17(18)20/h5-12H,4H2,1-3H3,(H2,18,20)/b13-10+,16-9+. The van der Waals surface area contributed by atoms with Crippen LogP contribution in [0.25, 0.3) is 5.57 Å². The van der Waals surface area contributed by atoms with E-state index >= 15 is 0 Å². The van der Waals surface area contributed by atoms with Crippen molar-refractivity contribution in [1.29, 1.82) is 0 Å². The monoisotopic (exact) mass is 271 g/mol. The van der Waals surface area contributed by atoms with Crippen molar-refractivity contribution in [3.8, 4) is 0 Å². The predicted molar refractivity (Wildman–Crippen MR) is 82.2 cm³/mol. The topological polar surface area (TPSA) is 60.2 Å². The Balaban J connectivity index is 3.20. The van der Waals surface area contributed by atoms with E-state index in [1.54, 1.807) is 19.1 Å². The molecule has 0 spiro atoms. The molecule has 1 rings (SSSR count). The lowest BCUT2D eigenvalue weighted by atomic mass is 9.97. The normalized spacial score (nSPS) is 13.9. The van der Waals surface area contributed by atoms with Crippen LogP contribution in [0.15, 0.2) is 42.0 Å². The summed E-state index contributed by atoms with van der Waals surface area (Å²) in [7, 11) is 0. The Morgan fingerprint density at radius 1 is 1.25 bits per heavy atom. The van der Waals surface area contributed by atoms with Crippen LogP contribution in [0.5, 0.6) is 0 Å². The molecule has 0 aliphatic carbocycles. The number of carbonyl (C=O) groups excluding carboxylic acids is 2. The van der Waals surface area contributed by atoms with Crippen molar-refractivity contribution in [2.24, 2.45) is 11.7 Å². The summed E-state index contributed by atoms with van der Waals surface area (Å²) in [5.74, 6) is -0.0276. The number of benzene rings is 1. The van der Waals surface area contributed by atoms with E-state index in [2.05, 4.69) is 19.9 Å². The first-order valence-electron chi connectivity index (χ1n) is 6.73. The number of carbonyl (C=O) groups is 2. The lowest BCUT2D eigenvalue weighted by Crippen LogP contribution is -2.10. The highest BCUT2D eigenvalue weighted by Crippen LogP contribution is 2.21. The molecule has 1 unspecified atom stereocenters. The summed E-state index contributed by atoms with van der Waals surface area (Å²) < 4.78 is 0. The predicted octanol–water partition coefficient (Wildman–Crippen LogP) is 3.36. The van der Waals surface area contributed by atoms with Gasteiger partial charge in [0, 0.05) is 5.56 Å². The largest absolute Gasteiger partial charge is 0.366 e. The van der Waals surface area contributed by atoms with E-state index in [4.69, 9.17) is 5.73 Å². The summed E-state index contributed by atoms with van der Waals surface area (Å²) in [6, 6.07) is 7.10. The zero-order valence-corrected chi connectivity index (χ0v) is 12.2. The first-order chi connectivity index (χ1) is 9.47. The second-order valence-electron chi connectivity index (χ2n) is 4.96. The van der Waals surface area contributed by atoms with Crippen LogP contribution in [0, 0.1) is 5.92 Å². The summed E-state index contributed by atoms with van der Waals surface area (Å²) in [6.45, 7) is 6.02. The Kier molecular flexibility index (Phi) is 5.91. The minimum Gasteiger partial charge on any atom is -0.366 e. The van der Waals surface area contributed by atoms with Gasteiger partial charge < -0.3 is 5.73 Å². The highest BCUT2D eigenvalue weighted by Gasteiger charge is 2.05. The summed E-state index contributed by atoms with van der Waals surface area (Å²) in [5, 5.41) is 0. The van der Waals surface area contributed by atoms with Crippen LogP contribution in [-0.2, 0) is 4.79 Å². The minimum atomic E-state index is -0.441. The molecule has 0 fully saturated rings. The molecule has 2 N–H and O–H groups in total. The Morgan fingerprint density at radius 3 is 2.25 bits per heavy atom. The highest BCUT2D eigenvalue weighted by molar-refractivity contribution is 5.93. The second kappa shape index (κ2) is 7.43. The molecule has 1 atom stereocenters. The maximum Gasteiger partial charge on any atom is 0.248 e. The van der Waals surface area contributed by atoms with Crippen LogP contribution < -0.4 is 5.73 Å². The van der Waals surface area contributed by atoms with Crippen molar-refractivity contribution in [2.45, 2.75) is 27.2 Å². The molecule has 0 saturated carbocycles. The average molecular weight is 271 g/mol. The van der Waals surface area contributed by atoms with Crippen LogP contribution >= 0.6 is 0 Å². The third-order valence-electron chi connectivity index (χ3n) is 3.18. The van der Waals surface area contributed by atoms with E-state index in [1.807, 2.05) is 18.2 Å². The maximum atomic E-state index is 11.1. The number of primary amides is 1. The lowest BCUT2D eigenvalue weighted by molar-refractivity contribution is -0.104. The van der Waals surface area contributed by atoms with E-state index in [0.717, 1.165) is 23.8 Å². The summed E-state index contributed by atoms with van der Waals surface area (Å²) >= 11 is 0. The third-order valence-corrected chi connectivity index (χ3v) is 3.18. The van der Waals surface area contributed by atoms with E-state index in [-0.39, 0.29) is 0 Å². The summed E-state index contributed by atoms with van der Waals surface area (Å²) in [5.41, 5.74) is 8.33. The van der Waals surface area contributed by atoms with Gasteiger partial charge in [0.1, 0.15) is 6.29 Å². The van der Waals surface area contributed by atoms with Gasteiger partial charge in [0.05, 0.1) is 0 Å². The number of hydrogen-bond donors (Lipinski definition) is 1. The second-order valence-corrected chi connectivity index (χ2v) is 4.96. The fraction of sp³-hybridized carbons (Fsp3) is 0.294. The fourth-order valence-electron chi connectivity index (χ4n) is 1.76. The first-order valence-corrected chi connectivity index (χ1v) is 6.73. The van der Waals surface area contributed by atoms with E-state index in [1.165, 1.54) is 0 Å². The lowest BCUT2D eigenvalue weighted by Gasteiger charge is -2.08. The zero-order chi connectivity index (χ0) is 15.1. The van der Waals surface area contributed by atoms with Gasteiger partial charge in [-0.1, -0.05) is 38.5 Å². The van der Waals surface area contributed by atoms with Crippen LogP contribution in [-0.4, -0.2) is 12.2 Å². The summed E-state index contributed by atoms with van der Waals surface area (Å²) in [4.78, 5) is 21.9. The van der Waals surface area contributed by atoms with Crippen molar-refractivity contribution >= 4 is 17.8 Å². The quantitative estimate of drug-likeness (QED) is 0.490. The highest BCUT2D eigenvalue weighted by atomic mass is 16.1. The maximum absolute atomic E-state index is 11.1. The number of nitrogens with two attached hydrogens (primary N) is 1. The van der Waals surface area contributed by atoms with Crippen molar-refractivity contribution in [1.82, 2.24) is 0 Å². The molecule has 0 aliphatic heterocycles. The summed E-state index contributed by atoms with van der Waals surface area (Å²) in [6.07, 6.45) is 5.85. The van der Waals surface area contributed by atoms with Gasteiger partial charge in [-0.05, 0) is 47.8 Å². The molecule has 0 heterocycles. The molecule has 1 aromatic rings. The molecule has 1 aromatic carbocycles. The molecule has 20 heavy (non-hydrogen) atoms. The smallest absolute Gasteiger partial charge is 0.248 e. The van der Waals surface area contributed by atoms with Gasteiger partial charge in [-0.2, -0.15) is 0 Å².